The van der Waals surface area contributed by atoms with Gasteiger partial charge in [-0.15, -0.1) is 6.58 Å². The van der Waals surface area contributed by atoms with Crippen molar-refractivity contribution in [2.24, 2.45) is 0 Å². The Hall–Kier alpha value is -3.41. The zero-order valence-electron chi connectivity index (χ0n) is 15.1. The van der Waals surface area contributed by atoms with Gasteiger partial charge < -0.3 is 5.32 Å². The molecule has 6 heteroatoms. The molecule has 6 nitrogen and oxygen atoms in total. The van der Waals surface area contributed by atoms with Crippen LogP contribution < -0.4 is 16.6 Å². The lowest BCUT2D eigenvalue weighted by Gasteiger charge is -2.16. The standard InChI is InChI=1S/C21H21N3O3/c1-3-13-23-20(26)17-11-7-8-12-18(17)24(21(23)27)14-19(25)22-15(2)16-9-5-4-6-10-16/h3-12,15H,1,13-14H2,2H3,(H,22,25)/t15-/m0/s1. The molecule has 0 spiro atoms. The van der Waals surface area contributed by atoms with E-state index in [1.54, 1.807) is 24.3 Å². The Balaban J connectivity index is 1.96. The van der Waals surface area contributed by atoms with E-state index < -0.39 is 5.69 Å². The van der Waals surface area contributed by atoms with Gasteiger partial charge in [-0.3, -0.25) is 18.7 Å². The predicted molar refractivity (Wildman–Crippen MR) is 106 cm³/mol. The number of hydrogen-bond donors (Lipinski definition) is 1. The van der Waals surface area contributed by atoms with Crippen LogP contribution >= 0.6 is 0 Å². The van der Waals surface area contributed by atoms with Gasteiger partial charge in [0.05, 0.1) is 16.9 Å². The summed E-state index contributed by atoms with van der Waals surface area (Å²) in [6.45, 7) is 5.39. The van der Waals surface area contributed by atoms with Gasteiger partial charge in [-0.1, -0.05) is 48.5 Å². The zero-order chi connectivity index (χ0) is 19.4. The Morgan fingerprint density at radius 2 is 1.74 bits per heavy atom. The minimum atomic E-state index is -0.527. The summed E-state index contributed by atoms with van der Waals surface area (Å²) in [7, 11) is 0. The smallest absolute Gasteiger partial charge is 0.332 e. The molecule has 1 heterocycles. The van der Waals surface area contributed by atoms with Crippen LogP contribution in [-0.2, 0) is 17.9 Å². The molecule has 0 bridgehead atoms. The van der Waals surface area contributed by atoms with Gasteiger partial charge in [0.15, 0.2) is 0 Å². The van der Waals surface area contributed by atoms with Crippen molar-refractivity contribution in [2.45, 2.75) is 26.1 Å². The second-order valence-corrected chi connectivity index (χ2v) is 6.29. The number of nitrogens with one attached hydrogen (secondary N) is 1. The van der Waals surface area contributed by atoms with E-state index in [1.807, 2.05) is 37.3 Å². The quantitative estimate of drug-likeness (QED) is 0.683. The van der Waals surface area contributed by atoms with E-state index in [0.29, 0.717) is 10.9 Å². The van der Waals surface area contributed by atoms with Gasteiger partial charge in [0, 0.05) is 6.54 Å². The Labute approximate surface area is 156 Å². The lowest BCUT2D eigenvalue weighted by Crippen LogP contribution is -2.42. The monoisotopic (exact) mass is 363 g/mol. The van der Waals surface area contributed by atoms with Crippen LogP contribution in [-0.4, -0.2) is 15.0 Å². The molecule has 1 aromatic heterocycles. The molecule has 0 fully saturated rings. The summed E-state index contributed by atoms with van der Waals surface area (Å²) in [5, 5.41) is 3.29. The molecule has 0 aliphatic carbocycles. The summed E-state index contributed by atoms with van der Waals surface area (Å²) in [6, 6.07) is 16.2. The molecule has 3 rings (SSSR count). The van der Waals surface area contributed by atoms with Crippen molar-refractivity contribution >= 4 is 16.8 Å². The number of benzene rings is 2. The van der Waals surface area contributed by atoms with Crippen molar-refractivity contribution in [3.63, 3.8) is 0 Å². The number of nitrogens with zero attached hydrogens (tertiary/aromatic N) is 2. The SMILES string of the molecule is C=CCn1c(=O)c2ccccc2n(CC(=O)N[C@@H](C)c2ccccc2)c1=O. The summed E-state index contributed by atoms with van der Waals surface area (Å²) in [5.74, 6) is -0.303. The van der Waals surface area contributed by atoms with E-state index >= 15 is 0 Å². The minimum absolute atomic E-state index is 0.0878. The fourth-order valence-electron chi connectivity index (χ4n) is 3.07. The van der Waals surface area contributed by atoms with E-state index in [4.69, 9.17) is 0 Å². The lowest BCUT2D eigenvalue weighted by atomic mass is 10.1. The first-order valence-electron chi connectivity index (χ1n) is 8.70. The van der Waals surface area contributed by atoms with Gasteiger partial charge in [0.25, 0.3) is 5.56 Å². The third kappa shape index (κ3) is 3.74. The van der Waals surface area contributed by atoms with Crippen LogP contribution in [0.1, 0.15) is 18.5 Å². The number of fused-ring (bicyclic) bond motifs is 1. The fraction of sp³-hybridized carbons (Fsp3) is 0.190. The summed E-state index contributed by atoms with van der Waals surface area (Å²) < 4.78 is 2.41. The van der Waals surface area contributed by atoms with Crippen molar-refractivity contribution in [3.05, 3.63) is 93.7 Å². The Morgan fingerprint density at radius 3 is 2.44 bits per heavy atom. The van der Waals surface area contributed by atoms with Gasteiger partial charge in [-0.2, -0.15) is 0 Å². The van der Waals surface area contributed by atoms with Crippen molar-refractivity contribution < 1.29 is 4.79 Å². The number of aromatic nitrogens is 2. The Kier molecular flexibility index (Phi) is 5.35. The van der Waals surface area contributed by atoms with E-state index in [0.717, 1.165) is 10.1 Å². The maximum atomic E-state index is 12.8. The Morgan fingerprint density at radius 1 is 1.07 bits per heavy atom. The molecule has 1 atom stereocenters. The molecule has 138 valence electrons. The number of amides is 1. The van der Waals surface area contributed by atoms with Gasteiger partial charge in [0.2, 0.25) is 5.91 Å². The first-order chi connectivity index (χ1) is 13.0. The van der Waals surface area contributed by atoms with E-state index in [1.165, 1.54) is 10.6 Å². The highest BCUT2D eigenvalue weighted by Crippen LogP contribution is 2.12. The van der Waals surface area contributed by atoms with Gasteiger partial charge in [0.1, 0.15) is 6.54 Å². The van der Waals surface area contributed by atoms with Gasteiger partial charge >= 0.3 is 5.69 Å². The molecule has 0 aliphatic rings. The van der Waals surface area contributed by atoms with Gasteiger partial charge in [-0.25, -0.2) is 4.79 Å². The summed E-state index contributed by atoms with van der Waals surface area (Å²) in [5.41, 5.74) is 0.501. The lowest BCUT2D eigenvalue weighted by molar-refractivity contribution is -0.122. The second-order valence-electron chi connectivity index (χ2n) is 6.29. The van der Waals surface area contributed by atoms with Crippen molar-refractivity contribution in [3.8, 4) is 0 Å². The van der Waals surface area contributed by atoms with Crippen molar-refractivity contribution in [2.75, 3.05) is 0 Å². The van der Waals surface area contributed by atoms with Crippen LogP contribution in [0.2, 0.25) is 0 Å². The second kappa shape index (κ2) is 7.86. The third-order valence-electron chi connectivity index (χ3n) is 4.42. The summed E-state index contributed by atoms with van der Waals surface area (Å²) in [4.78, 5) is 37.9. The number of carbonyl (C=O) groups excluding carboxylic acids is 1. The van der Waals surface area contributed by atoms with Crippen LogP contribution in [0, 0.1) is 0 Å². The molecule has 0 radical (unpaired) electrons. The number of hydrogen-bond acceptors (Lipinski definition) is 3. The molecule has 1 amide bonds. The van der Waals surface area contributed by atoms with E-state index in [2.05, 4.69) is 11.9 Å². The highest BCUT2D eigenvalue weighted by molar-refractivity contribution is 5.81. The maximum Gasteiger partial charge on any atom is 0.332 e. The fourth-order valence-corrected chi connectivity index (χ4v) is 3.07. The molecule has 0 aliphatic heterocycles. The third-order valence-corrected chi connectivity index (χ3v) is 4.42. The van der Waals surface area contributed by atoms with E-state index in [-0.39, 0.29) is 30.6 Å². The molecule has 27 heavy (non-hydrogen) atoms. The predicted octanol–water partition coefficient (Wildman–Crippen LogP) is 2.23. The molecule has 0 saturated carbocycles. The highest BCUT2D eigenvalue weighted by atomic mass is 16.2. The molecule has 0 saturated heterocycles. The molecule has 1 N–H and O–H groups in total. The topological polar surface area (TPSA) is 73.1 Å². The largest absolute Gasteiger partial charge is 0.348 e. The van der Waals surface area contributed by atoms with Gasteiger partial charge in [-0.05, 0) is 24.6 Å². The number of rotatable bonds is 6. The van der Waals surface area contributed by atoms with Crippen molar-refractivity contribution in [1.82, 2.24) is 14.5 Å². The van der Waals surface area contributed by atoms with E-state index in [9.17, 15) is 14.4 Å². The zero-order valence-corrected chi connectivity index (χ0v) is 15.1. The highest BCUT2D eigenvalue weighted by Gasteiger charge is 2.16. The van der Waals surface area contributed by atoms with Crippen LogP contribution in [0.15, 0.2) is 76.8 Å². The van der Waals surface area contributed by atoms with Crippen LogP contribution in [0.5, 0.6) is 0 Å². The number of carbonyl (C=O) groups is 1. The molecular weight excluding hydrogens is 342 g/mol. The molecule has 3 aromatic rings. The first kappa shape index (κ1) is 18.4. The van der Waals surface area contributed by atoms with Crippen LogP contribution in [0.3, 0.4) is 0 Å². The van der Waals surface area contributed by atoms with Crippen LogP contribution in [0.4, 0.5) is 0 Å². The number of allylic oxidation sites excluding steroid dienone is 1. The Bertz CT molecular complexity index is 1100. The summed E-state index contributed by atoms with van der Waals surface area (Å²) in [6.07, 6.45) is 1.49. The van der Waals surface area contributed by atoms with Crippen molar-refractivity contribution in [1.29, 1.82) is 0 Å². The number of para-hydroxylation sites is 1. The minimum Gasteiger partial charge on any atom is -0.348 e. The molecule has 0 unspecified atom stereocenters. The molecular formula is C21H21N3O3. The maximum absolute atomic E-state index is 12.8. The average Bonchev–Trinajstić information content (AvgIpc) is 2.69. The normalized spacial score (nSPS) is 11.9. The average molecular weight is 363 g/mol. The summed E-state index contributed by atoms with van der Waals surface area (Å²) >= 11 is 0. The first-order valence-corrected chi connectivity index (χ1v) is 8.70. The van der Waals surface area contributed by atoms with Crippen LogP contribution in [0.25, 0.3) is 10.9 Å². The molecule has 2 aromatic carbocycles.